The van der Waals surface area contributed by atoms with Crippen LogP contribution in [0.3, 0.4) is 0 Å². The molecule has 0 aromatic carbocycles. The first-order valence-corrected chi connectivity index (χ1v) is 4.16. The number of alkyl halides is 2. The van der Waals surface area contributed by atoms with Crippen molar-refractivity contribution in [1.29, 1.82) is 0 Å². The van der Waals surface area contributed by atoms with Gasteiger partial charge in [-0.15, -0.1) is 0 Å². The Balaban J connectivity index is 3.80. The molecule has 84 valence electrons. The van der Waals surface area contributed by atoms with Gasteiger partial charge in [-0.2, -0.15) is 8.78 Å². The van der Waals surface area contributed by atoms with Crippen molar-refractivity contribution >= 4 is 5.91 Å². The topological polar surface area (TPSA) is 58.6 Å². The summed E-state index contributed by atoms with van der Waals surface area (Å²) >= 11 is 0. The molecule has 0 aliphatic carbocycles. The maximum absolute atomic E-state index is 11.7. The van der Waals surface area contributed by atoms with Crippen molar-refractivity contribution in [3.8, 4) is 0 Å². The minimum absolute atomic E-state index is 0.209. The molecule has 0 aliphatic heterocycles. The summed E-state index contributed by atoms with van der Waals surface area (Å²) in [7, 11) is 1.47. The first-order chi connectivity index (χ1) is 6.39. The molecule has 0 heterocycles. The van der Waals surface area contributed by atoms with Gasteiger partial charge in [0.2, 0.25) is 0 Å². The van der Waals surface area contributed by atoms with Crippen LogP contribution in [0.15, 0.2) is 0 Å². The lowest BCUT2D eigenvalue weighted by Crippen LogP contribution is -2.43. The van der Waals surface area contributed by atoms with Crippen LogP contribution < -0.4 is 5.32 Å². The van der Waals surface area contributed by atoms with E-state index < -0.39 is 17.9 Å². The Kier molecular flexibility index (Phi) is 5.56. The second kappa shape index (κ2) is 5.87. The van der Waals surface area contributed by atoms with Crippen LogP contribution in [0.1, 0.15) is 13.3 Å². The van der Waals surface area contributed by atoms with Crippen LogP contribution >= 0.6 is 0 Å². The molecular formula is C8H15F2NO3. The fourth-order valence-corrected chi connectivity index (χ4v) is 0.765. The summed E-state index contributed by atoms with van der Waals surface area (Å²) < 4.78 is 28.2. The van der Waals surface area contributed by atoms with Crippen LogP contribution in [0, 0.1) is 0 Å². The number of aliphatic hydroxyl groups is 1. The van der Waals surface area contributed by atoms with E-state index in [0.717, 1.165) is 0 Å². The summed E-state index contributed by atoms with van der Waals surface area (Å²) in [4.78, 5) is 10.5. The standard InChI is InChI=1S/C8H15F2NO3/c1-8(13,3-4-14-2)5-11-7(12)6(9)10/h6,13H,3-5H2,1-2H3,(H,11,12). The Bertz CT molecular complexity index is 185. The van der Waals surface area contributed by atoms with Crippen LogP contribution in [0.5, 0.6) is 0 Å². The Morgan fingerprint density at radius 1 is 1.64 bits per heavy atom. The lowest BCUT2D eigenvalue weighted by molar-refractivity contribution is -0.133. The zero-order valence-electron chi connectivity index (χ0n) is 8.22. The van der Waals surface area contributed by atoms with Gasteiger partial charge in [0.1, 0.15) is 0 Å². The second-order valence-corrected chi connectivity index (χ2v) is 3.26. The van der Waals surface area contributed by atoms with E-state index in [1.807, 2.05) is 5.32 Å². The van der Waals surface area contributed by atoms with E-state index in [1.165, 1.54) is 14.0 Å². The zero-order valence-corrected chi connectivity index (χ0v) is 8.22. The van der Waals surface area contributed by atoms with E-state index in [9.17, 15) is 18.7 Å². The highest BCUT2D eigenvalue weighted by molar-refractivity contribution is 5.79. The smallest absolute Gasteiger partial charge is 0.315 e. The highest BCUT2D eigenvalue weighted by atomic mass is 19.3. The molecule has 1 atom stereocenters. The van der Waals surface area contributed by atoms with E-state index in [2.05, 4.69) is 0 Å². The molecule has 1 unspecified atom stereocenters. The fraction of sp³-hybridized carbons (Fsp3) is 0.875. The predicted octanol–water partition coefficient (Wildman–Crippen LogP) is 0.155. The summed E-state index contributed by atoms with van der Waals surface area (Å²) in [6.45, 7) is 1.54. The normalized spacial score (nSPS) is 15.3. The van der Waals surface area contributed by atoms with Crippen LogP contribution in [-0.4, -0.2) is 43.3 Å². The number of ether oxygens (including phenoxy) is 1. The average Bonchev–Trinajstić information content (AvgIpc) is 2.11. The van der Waals surface area contributed by atoms with Gasteiger partial charge in [0.25, 0.3) is 5.91 Å². The maximum Gasteiger partial charge on any atom is 0.315 e. The largest absolute Gasteiger partial charge is 0.388 e. The molecule has 0 fully saturated rings. The van der Waals surface area contributed by atoms with Gasteiger partial charge in [-0.1, -0.05) is 0 Å². The van der Waals surface area contributed by atoms with Crippen LogP contribution in [0.2, 0.25) is 0 Å². The van der Waals surface area contributed by atoms with Crippen molar-refractivity contribution in [1.82, 2.24) is 5.32 Å². The van der Waals surface area contributed by atoms with Crippen molar-refractivity contribution < 1.29 is 23.4 Å². The van der Waals surface area contributed by atoms with Gasteiger partial charge in [-0.05, 0) is 6.92 Å². The van der Waals surface area contributed by atoms with Crippen molar-refractivity contribution in [2.75, 3.05) is 20.3 Å². The van der Waals surface area contributed by atoms with Gasteiger partial charge in [0, 0.05) is 26.7 Å². The Labute approximate surface area is 81.2 Å². The van der Waals surface area contributed by atoms with E-state index in [1.54, 1.807) is 0 Å². The van der Waals surface area contributed by atoms with E-state index >= 15 is 0 Å². The lowest BCUT2D eigenvalue weighted by Gasteiger charge is -2.22. The van der Waals surface area contributed by atoms with E-state index in [0.29, 0.717) is 6.61 Å². The third-order valence-corrected chi connectivity index (χ3v) is 1.69. The molecule has 14 heavy (non-hydrogen) atoms. The molecular weight excluding hydrogens is 196 g/mol. The monoisotopic (exact) mass is 211 g/mol. The molecule has 0 radical (unpaired) electrons. The second-order valence-electron chi connectivity index (χ2n) is 3.26. The van der Waals surface area contributed by atoms with Crippen molar-refractivity contribution in [3.05, 3.63) is 0 Å². The third kappa shape index (κ3) is 5.82. The minimum Gasteiger partial charge on any atom is -0.388 e. The van der Waals surface area contributed by atoms with Gasteiger partial charge >= 0.3 is 6.43 Å². The number of amides is 1. The summed E-state index contributed by atoms with van der Waals surface area (Å²) in [5.74, 6) is -1.37. The predicted molar refractivity (Wildman–Crippen MR) is 46.1 cm³/mol. The molecule has 0 saturated heterocycles. The number of halogens is 2. The Morgan fingerprint density at radius 2 is 2.21 bits per heavy atom. The Hall–Kier alpha value is -0.750. The summed E-state index contributed by atoms with van der Waals surface area (Å²) in [6, 6.07) is 0. The summed E-state index contributed by atoms with van der Waals surface area (Å²) in [5, 5.41) is 11.5. The molecule has 1 amide bonds. The number of hydrogen-bond donors (Lipinski definition) is 2. The molecule has 0 saturated carbocycles. The number of carbonyl (C=O) groups excluding carboxylic acids is 1. The fourth-order valence-electron chi connectivity index (χ4n) is 0.765. The van der Waals surface area contributed by atoms with Crippen LogP contribution in [-0.2, 0) is 9.53 Å². The lowest BCUT2D eigenvalue weighted by atomic mass is 10.0. The quantitative estimate of drug-likeness (QED) is 0.657. The summed E-state index contributed by atoms with van der Waals surface area (Å²) in [5.41, 5.74) is -1.22. The SMILES string of the molecule is COCCC(C)(O)CNC(=O)C(F)F. The van der Waals surface area contributed by atoms with Crippen LogP contribution in [0.25, 0.3) is 0 Å². The number of rotatable bonds is 6. The first kappa shape index (κ1) is 13.2. The van der Waals surface area contributed by atoms with Gasteiger partial charge in [-0.25, -0.2) is 0 Å². The number of carbonyl (C=O) groups is 1. The highest BCUT2D eigenvalue weighted by Gasteiger charge is 2.23. The molecule has 0 aliphatic rings. The van der Waals surface area contributed by atoms with Gasteiger partial charge in [0.15, 0.2) is 0 Å². The number of methoxy groups -OCH3 is 1. The van der Waals surface area contributed by atoms with Crippen molar-refractivity contribution in [2.45, 2.75) is 25.4 Å². The third-order valence-electron chi connectivity index (χ3n) is 1.69. The van der Waals surface area contributed by atoms with E-state index in [-0.39, 0.29) is 13.0 Å². The molecule has 2 N–H and O–H groups in total. The first-order valence-electron chi connectivity index (χ1n) is 4.16. The molecule has 0 aromatic rings. The Morgan fingerprint density at radius 3 is 2.64 bits per heavy atom. The van der Waals surface area contributed by atoms with Crippen LogP contribution in [0.4, 0.5) is 8.78 Å². The van der Waals surface area contributed by atoms with Crippen molar-refractivity contribution in [3.63, 3.8) is 0 Å². The molecule has 6 heteroatoms. The molecule has 0 rings (SSSR count). The summed E-state index contributed by atoms with van der Waals surface area (Å²) in [6.07, 6.45) is -2.78. The highest BCUT2D eigenvalue weighted by Crippen LogP contribution is 2.07. The average molecular weight is 211 g/mol. The zero-order chi connectivity index (χ0) is 11.2. The van der Waals surface area contributed by atoms with Gasteiger partial charge in [-0.3, -0.25) is 4.79 Å². The minimum atomic E-state index is -3.05. The molecule has 0 bridgehead atoms. The van der Waals surface area contributed by atoms with Gasteiger partial charge in [0.05, 0.1) is 5.60 Å². The van der Waals surface area contributed by atoms with Gasteiger partial charge < -0.3 is 15.2 Å². The van der Waals surface area contributed by atoms with E-state index in [4.69, 9.17) is 4.74 Å². The molecule has 4 nitrogen and oxygen atoms in total. The number of nitrogens with one attached hydrogen (secondary N) is 1. The molecule has 0 aromatic heterocycles. The molecule has 0 spiro atoms. The number of hydrogen-bond acceptors (Lipinski definition) is 3. The maximum atomic E-state index is 11.7. The van der Waals surface area contributed by atoms with Crippen molar-refractivity contribution in [2.24, 2.45) is 0 Å².